The predicted octanol–water partition coefficient (Wildman–Crippen LogP) is 5.16. The molecule has 0 aliphatic heterocycles. The van der Waals surface area contributed by atoms with Crippen LogP contribution < -0.4 is 19.7 Å². The highest BCUT2D eigenvalue weighted by molar-refractivity contribution is 7.92. The normalized spacial score (nSPS) is 12.3. The Bertz CT molecular complexity index is 2300. The standard InChI is InChI=1S/C30H23F5N4O7S2/c1-47(42,43)37-19-4-2-5-21(15-19)48(44,45)38-28(41)26-25(22-6-3-13-36-27(22)40)23-14-18(30(33,34)35)9-12-24(23)39(26)16-17-7-10-20(11-8-17)46-29(31)32/h2-15,29,37H,16H2,1H3,(H,36,40)(H,38,41). The molecule has 2 aromatic heterocycles. The molecule has 2 heterocycles. The van der Waals surface area contributed by atoms with Crippen LogP contribution in [0.4, 0.5) is 27.6 Å². The maximum atomic E-state index is 14.0. The number of hydrogen-bond acceptors (Lipinski definition) is 7. The van der Waals surface area contributed by atoms with Gasteiger partial charge in [0.15, 0.2) is 0 Å². The summed E-state index contributed by atoms with van der Waals surface area (Å²) >= 11 is 0. The quantitative estimate of drug-likeness (QED) is 0.169. The van der Waals surface area contributed by atoms with Crippen molar-refractivity contribution >= 4 is 42.5 Å². The Balaban J connectivity index is 1.72. The summed E-state index contributed by atoms with van der Waals surface area (Å²) < 4.78 is 127. The molecule has 0 bridgehead atoms. The molecule has 0 fully saturated rings. The molecule has 0 aliphatic carbocycles. The second kappa shape index (κ2) is 12.8. The maximum Gasteiger partial charge on any atom is 0.416 e. The van der Waals surface area contributed by atoms with E-state index in [1.54, 1.807) is 0 Å². The SMILES string of the molecule is CS(=O)(=O)Nc1cccc(S(=O)(=O)NC(=O)c2c(-c3ccc[nH]c3=O)c3cc(C(F)(F)F)ccc3n2Cc2ccc(OC(F)F)cc2)c1. The van der Waals surface area contributed by atoms with Gasteiger partial charge < -0.3 is 14.3 Å². The van der Waals surface area contributed by atoms with E-state index in [2.05, 4.69) is 14.4 Å². The average Bonchev–Trinajstić information content (AvgIpc) is 3.30. The van der Waals surface area contributed by atoms with Crippen molar-refractivity contribution in [2.45, 2.75) is 24.2 Å². The van der Waals surface area contributed by atoms with Gasteiger partial charge in [0.1, 0.15) is 11.4 Å². The van der Waals surface area contributed by atoms with Gasteiger partial charge in [-0.2, -0.15) is 22.0 Å². The van der Waals surface area contributed by atoms with Crippen LogP contribution in [0.3, 0.4) is 0 Å². The largest absolute Gasteiger partial charge is 0.435 e. The number of aromatic nitrogens is 2. The molecule has 5 rings (SSSR count). The summed E-state index contributed by atoms with van der Waals surface area (Å²) in [7, 11) is -8.58. The fraction of sp³-hybridized carbons (Fsp3) is 0.133. The third-order valence-electron chi connectivity index (χ3n) is 6.86. The topological polar surface area (TPSA) is 156 Å². The molecule has 48 heavy (non-hydrogen) atoms. The van der Waals surface area contributed by atoms with Gasteiger partial charge in [0.2, 0.25) is 10.0 Å². The Labute approximate surface area is 269 Å². The van der Waals surface area contributed by atoms with Gasteiger partial charge in [-0.3, -0.25) is 14.3 Å². The van der Waals surface area contributed by atoms with Crippen molar-refractivity contribution in [3.63, 3.8) is 0 Å². The summed E-state index contributed by atoms with van der Waals surface area (Å²) in [6.45, 7) is -3.42. The smallest absolute Gasteiger partial charge is 0.416 e. The number of nitrogens with one attached hydrogen (secondary N) is 3. The lowest BCUT2D eigenvalue weighted by Crippen LogP contribution is -2.33. The van der Waals surface area contributed by atoms with E-state index in [0.29, 0.717) is 5.56 Å². The monoisotopic (exact) mass is 710 g/mol. The summed E-state index contributed by atoms with van der Waals surface area (Å²) in [5, 5.41) is -0.221. The van der Waals surface area contributed by atoms with Crippen LogP contribution >= 0.6 is 0 Å². The highest BCUT2D eigenvalue weighted by Crippen LogP contribution is 2.39. The molecule has 5 aromatic rings. The first-order chi connectivity index (χ1) is 22.4. The molecule has 0 atom stereocenters. The van der Waals surface area contributed by atoms with E-state index in [1.807, 2.05) is 4.72 Å². The molecule has 1 amide bonds. The van der Waals surface area contributed by atoms with Crippen molar-refractivity contribution in [3.05, 3.63) is 112 Å². The van der Waals surface area contributed by atoms with Crippen LogP contribution in [0, 0.1) is 0 Å². The summed E-state index contributed by atoms with van der Waals surface area (Å²) in [4.78, 5) is 28.9. The molecule has 0 radical (unpaired) electrons. The van der Waals surface area contributed by atoms with Crippen LogP contribution in [0.1, 0.15) is 21.6 Å². The summed E-state index contributed by atoms with van der Waals surface area (Å²) in [5.41, 5.74) is -2.85. The highest BCUT2D eigenvalue weighted by Gasteiger charge is 2.34. The number of fused-ring (bicyclic) bond motifs is 1. The number of ether oxygens (including phenoxy) is 1. The number of H-pyrrole nitrogens is 1. The van der Waals surface area contributed by atoms with Gasteiger partial charge in [-0.15, -0.1) is 0 Å². The zero-order valence-electron chi connectivity index (χ0n) is 24.4. The molecule has 0 unspecified atom stereocenters. The van der Waals surface area contributed by atoms with Gasteiger partial charge in [-0.1, -0.05) is 18.2 Å². The molecule has 18 heteroatoms. The molecule has 0 saturated carbocycles. The molecule has 0 saturated heterocycles. The minimum atomic E-state index is -4.84. The van der Waals surface area contributed by atoms with E-state index in [-0.39, 0.29) is 40.0 Å². The Kier molecular flexibility index (Phi) is 9.07. The second-order valence-electron chi connectivity index (χ2n) is 10.3. The van der Waals surface area contributed by atoms with Gasteiger partial charge in [-0.25, -0.2) is 21.6 Å². The van der Waals surface area contributed by atoms with Gasteiger partial charge in [0, 0.05) is 40.5 Å². The number of rotatable bonds is 10. The van der Waals surface area contributed by atoms with Crippen molar-refractivity contribution in [2.24, 2.45) is 0 Å². The zero-order valence-corrected chi connectivity index (χ0v) is 26.0. The average molecular weight is 711 g/mol. The number of carbonyl (C=O) groups excluding carboxylic acids is 1. The fourth-order valence-electron chi connectivity index (χ4n) is 4.95. The number of sulfonamides is 2. The van der Waals surface area contributed by atoms with Crippen LogP contribution in [-0.4, -0.2) is 45.2 Å². The van der Waals surface area contributed by atoms with Crippen molar-refractivity contribution in [1.29, 1.82) is 0 Å². The van der Waals surface area contributed by atoms with Gasteiger partial charge in [0.25, 0.3) is 21.5 Å². The molecule has 0 spiro atoms. The van der Waals surface area contributed by atoms with Crippen molar-refractivity contribution in [2.75, 3.05) is 11.0 Å². The van der Waals surface area contributed by atoms with Gasteiger partial charge >= 0.3 is 12.8 Å². The number of alkyl halides is 5. The Morgan fingerprint density at radius 1 is 0.958 bits per heavy atom. The Morgan fingerprint density at radius 2 is 1.67 bits per heavy atom. The van der Waals surface area contributed by atoms with Crippen molar-refractivity contribution < 1.29 is 48.3 Å². The summed E-state index contributed by atoms with van der Waals surface area (Å²) in [5.74, 6) is -1.55. The first kappa shape index (κ1) is 34.1. The third-order valence-corrected chi connectivity index (χ3v) is 8.79. The van der Waals surface area contributed by atoms with E-state index in [0.717, 1.165) is 36.6 Å². The Morgan fingerprint density at radius 3 is 2.29 bits per heavy atom. The van der Waals surface area contributed by atoms with Crippen molar-refractivity contribution in [1.82, 2.24) is 14.3 Å². The fourth-order valence-corrected chi connectivity index (χ4v) is 6.50. The van der Waals surface area contributed by atoms with E-state index >= 15 is 0 Å². The molecule has 11 nitrogen and oxygen atoms in total. The molecule has 252 valence electrons. The van der Waals surface area contributed by atoms with E-state index in [9.17, 15) is 48.4 Å². The second-order valence-corrected chi connectivity index (χ2v) is 13.7. The number of benzene rings is 3. The minimum Gasteiger partial charge on any atom is -0.435 e. The van der Waals surface area contributed by atoms with E-state index in [4.69, 9.17) is 0 Å². The number of pyridine rings is 1. The lowest BCUT2D eigenvalue weighted by atomic mass is 10.0. The van der Waals surface area contributed by atoms with E-state index in [1.165, 1.54) is 59.3 Å². The highest BCUT2D eigenvalue weighted by atomic mass is 32.2. The summed E-state index contributed by atoms with van der Waals surface area (Å²) in [6.07, 6.45) is -2.75. The summed E-state index contributed by atoms with van der Waals surface area (Å²) in [6, 6.07) is 14.7. The third kappa shape index (κ3) is 7.49. The Hall–Kier alpha value is -5.23. The molecular formula is C30H23F5N4O7S2. The minimum absolute atomic E-state index is 0.00365. The zero-order chi connectivity index (χ0) is 35.0. The molecule has 0 aliphatic rings. The first-order valence-electron chi connectivity index (χ1n) is 13.5. The molecular weight excluding hydrogens is 687 g/mol. The van der Waals surface area contributed by atoms with Crippen LogP contribution in [0.25, 0.3) is 22.0 Å². The first-order valence-corrected chi connectivity index (χ1v) is 16.9. The molecule has 3 aromatic carbocycles. The van der Waals surface area contributed by atoms with Crippen LogP contribution in [0.5, 0.6) is 5.75 Å². The lowest BCUT2D eigenvalue weighted by Gasteiger charge is -2.14. The van der Waals surface area contributed by atoms with E-state index < -0.39 is 60.5 Å². The maximum absolute atomic E-state index is 14.0. The number of halogens is 5. The number of carbonyl (C=O) groups is 1. The number of anilines is 1. The van der Waals surface area contributed by atoms with Gasteiger partial charge in [0.05, 0.1) is 16.7 Å². The number of amides is 1. The predicted molar refractivity (Wildman–Crippen MR) is 165 cm³/mol. The van der Waals surface area contributed by atoms with Crippen LogP contribution in [-0.2, 0) is 32.8 Å². The van der Waals surface area contributed by atoms with Gasteiger partial charge in [-0.05, 0) is 66.2 Å². The number of nitrogens with zero attached hydrogens (tertiary/aromatic N) is 1. The molecule has 3 N–H and O–H groups in total. The van der Waals surface area contributed by atoms with Crippen LogP contribution in [0.2, 0.25) is 0 Å². The number of hydrogen-bond donors (Lipinski definition) is 3. The number of aromatic amines is 1. The van der Waals surface area contributed by atoms with Crippen molar-refractivity contribution in [3.8, 4) is 16.9 Å². The van der Waals surface area contributed by atoms with Crippen LogP contribution in [0.15, 0.2) is 94.7 Å². The lowest BCUT2D eigenvalue weighted by molar-refractivity contribution is -0.137.